The molecule has 174 valence electrons. The molecule has 8 heteroatoms. The van der Waals surface area contributed by atoms with E-state index >= 15 is 0 Å². The highest BCUT2D eigenvalue weighted by Gasteiger charge is 2.28. The fraction of sp³-hybridized carbons (Fsp3) is 0.500. The summed E-state index contributed by atoms with van der Waals surface area (Å²) in [4.78, 5) is 20.8. The first-order valence-electron chi connectivity index (χ1n) is 10.9. The van der Waals surface area contributed by atoms with Gasteiger partial charge in [0, 0.05) is 18.7 Å². The van der Waals surface area contributed by atoms with Crippen LogP contribution in [-0.2, 0) is 13.1 Å². The van der Waals surface area contributed by atoms with Crippen molar-refractivity contribution >= 4 is 6.03 Å². The maximum atomic E-state index is 14.2. The van der Waals surface area contributed by atoms with Crippen molar-refractivity contribution in [3.63, 3.8) is 0 Å². The molecule has 0 unspecified atom stereocenters. The fourth-order valence-corrected chi connectivity index (χ4v) is 3.70. The number of amides is 2. The average Bonchev–Trinajstić information content (AvgIpc) is 2.72. The number of hydrogen-bond donors (Lipinski definition) is 1. The molecule has 1 aliphatic heterocycles. The van der Waals surface area contributed by atoms with Crippen molar-refractivity contribution in [3.05, 3.63) is 59.4 Å². The fourth-order valence-electron chi connectivity index (χ4n) is 3.70. The molecule has 1 N–H and O–H groups in total. The number of carbonyl (C=O) groups is 1. The Kier molecular flexibility index (Phi) is 7.66. The summed E-state index contributed by atoms with van der Waals surface area (Å²) >= 11 is 0. The highest BCUT2D eigenvalue weighted by atomic mass is 19.1. The van der Waals surface area contributed by atoms with Crippen LogP contribution >= 0.6 is 0 Å². The van der Waals surface area contributed by atoms with Gasteiger partial charge >= 0.3 is 6.03 Å². The zero-order chi connectivity index (χ0) is 23.3. The molecule has 32 heavy (non-hydrogen) atoms. The van der Waals surface area contributed by atoms with Crippen molar-refractivity contribution in [3.8, 4) is 5.75 Å². The van der Waals surface area contributed by atoms with Gasteiger partial charge in [0.2, 0.25) is 0 Å². The third-order valence-corrected chi connectivity index (χ3v) is 5.38. The summed E-state index contributed by atoms with van der Waals surface area (Å²) in [5, 5.41) is 2.93. The predicted molar refractivity (Wildman–Crippen MR) is 119 cm³/mol. The lowest BCUT2D eigenvalue weighted by atomic mass is 10.0. The summed E-state index contributed by atoms with van der Waals surface area (Å²) in [6, 6.07) is 8.03. The number of benzene rings is 1. The lowest BCUT2D eigenvalue weighted by molar-refractivity contribution is 0.125. The highest BCUT2D eigenvalue weighted by Crippen LogP contribution is 2.21. The van der Waals surface area contributed by atoms with E-state index in [4.69, 9.17) is 4.74 Å². The van der Waals surface area contributed by atoms with Gasteiger partial charge in [-0.2, -0.15) is 0 Å². The van der Waals surface area contributed by atoms with Gasteiger partial charge in [0.1, 0.15) is 23.0 Å². The van der Waals surface area contributed by atoms with Crippen LogP contribution in [0.4, 0.5) is 13.6 Å². The molecule has 0 spiro atoms. The standard InChI is InChI=1S/C24H32F2N4O2/c1-24(2,3)32-20-7-5-17(6-8-20)14-28-23(31)30(19-9-11-29(4)12-10-19)16-22-21(26)13-18(25)15-27-22/h5-8,13,15,19H,9-12,14,16H2,1-4H3,(H,28,31). The minimum absolute atomic E-state index is 0.00924. The van der Waals surface area contributed by atoms with E-state index in [1.807, 2.05) is 52.1 Å². The molecule has 1 fully saturated rings. The third kappa shape index (κ3) is 6.88. The first-order chi connectivity index (χ1) is 15.1. The van der Waals surface area contributed by atoms with Crippen LogP contribution in [0.15, 0.2) is 36.5 Å². The average molecular weight is 447 g/mol. The molecule has 0 saturated carbocycles. The molecule has 1 aromatic heterocycles. The lowest BCUT2D eigenvalue weighted by Crippen LogP contribution is -2.49. The molecular weight excluding hydrogens is 414 g/mol. The molecule has 1 saturated heterocycles. The third-order valence-electron chi connectivity index (χ3n) is 5.38. The Morgan fingerprint density at radius 3 is 2.47 bits per heavy atom. The van der Waals surface area contributed by atoms with Crippen LogP contribution in [0.5, 0.6) is 5.75 Å². The highest BCUT2D eigenvalue weighted by molar-refractivity contribution is 5.74. The second kappa shape index (κ2) is 10.3. The maximum Gasteiger partial charge on any atom is 0.318 e. The van der Waals surface area contributed by atoms with Crippen LogP contribution in [0.2, 0.25) is 0 Å². The Balaban J connectivity index is 1.67. The summed E-state index contributed by atoms with van der Waals surface area (Å²) in [6.45, 7) is 7.97. The van der Waals surface area contributed by atoms with Gasteiger partial charge in [0.05, 0.1) is 18.4 Å². The van der Waals surface area contributed by atoms with Crippen LogP contribution in [0.3, 0.4) is 0 Å². The molecule has 1 aromatic carbocycles. The summed E-state index contributed by atoms with van der Waals surface area (Å²) in [5.74, 6) is -0.719. The first kappa shape index (κ1) is 23.9. The van der Waals surface area contributed by atoms with Crippen molar-refractivity contribution < 1.29 is 18.3 Å². The van der Waals surface area contributed by atoms with E-state index in [2.05, 4.69) is 15.2 Å². The Morgan fingerprint density at radius 1 is 1.22 bits per heavy atom. The minimum atomic E-state index is -0.745. The molecular formula is C24H32F2N4O2. The molecule has 0 aliphatic carbocycles. The van der Waals surface area contributed by atoms with Gasteiger partial charge in [-0.1, -0.05) is 12.1 Å². The number of nitrogens with zero attached hydrogens (tertiary/aromatic N) is 3. The topological polar surface area (TPSA) is 57.7 Å². The van der Waals surface area contributed by atoms with Crippen LogP contribution < -0.4 is 10.1 Å². The van der Waals surface area contributed by atoms with Gasteiger partial charge in [0.25, 0.3) is 0 Å². The van der Waals surface area contributed by atoms with Crippen molar-refractivity contribution in [2.24, 2.45) is 0 Å². The van der Waals surface area contributed by atoms with Gasteiger partial charge < -0.3 is 19.9 Å². The number of rotatable bonds is 6. The zero-order valence-corrected chi connectivity index (χ0v) is 19.2. The quantitative estimate of drug-likeness (QED) is 0.717. The number of aromatic nitrogens is 1. The van der Waals surface area contributed by atoms with E-state index in [0.29, 0.717) is 6.54 Å². The number of hydrogen-bond acceptors (Lipinski definition) is 4. The monoisotopic (exact) mass is 446 g/mol. The van der Waals surface area contributed by atoms with Gasteiger partial charge in [-0.25, -0.2) is 13.6 Å². The van der Waals surface area contributed by atoms with Crippen LogP contribution in [0.1, 0.15) is 44.9 Å². The normalized spacial score (nSPS) is 15.4. The first-order valence-corrected chi connectivity index (χ1v) is 10.9. The lowest BCUT2D eigenvalue weighted by Gasteiger charge is -2.37. The van der Waals surface area contributed by atoms with Gasteiger partial charge in [-0.05, 0) is 71.4 Å². The van der Waals surface area contributed by atoms with E-state index in [-0.39, 0.29) is 29.9 Å². The Bertz CT molecular complexity index is 907. The van der Waals surface area contributed by atoms with E-state index in [1.165, 1.54) is 0 Å². The number of likely N-dealkylation sites (tertiary alicyclic amines) is 1. The van der Waals surface area contributed by atoms with Crippen LogP contribution in [0, 0.1) is 11.6 Å². The minimum Gasteiger partial charge on any atom is -0.488 e. The van der Waals surface area contributed by atoms with Crippen LogP contribution in [-0.4, -0.2) is 52.6 Å². The molecule has 2 heterocycles. The van der Waals surface area contributed by atoms with E-state index < -0.39 is 11.6 Å². The second-order valence-corrected chi connectivity index (χ2v) is 9.26. The Morgan fingerprint density at radius 2 is 1.88 bits per heavy atom. The van der Waals surface area contributed by atoms with E-state index in [1.54, 1.807) is 4.90 Å². The molecule has 0 radical (unpaired) electrons. The molecule has 2 aromatic rings. The molecule has 0 atom stereocenters. The smallest absolute Gasteiger partial charge is 0.318 e. The molecule has 0 bridgehead atoms. The van der Waals surface area contributed by atoms with E-state index in [0.717, 1.165) is 49.5 Å². The largest absolute Gasteiger partial charge is 0.488 e. The SMILES string of the molecule is CN1CCC(N(Cc2ncc(F)cc2F)C(=O)NCc2ccc(OC(C)(C)C)cc2)CC1. The second-order valence-electron chi connectivity index (χ2n) is 9.26. The number of carbonyl (C=O) groups excluding carboxylic acids is 1. The number of piperidine rings is 1. The Hall–Kier alpha value is -2.74. The van der Waals surface area contributed by atoms with Gasteiger partial charge in [0.15, 0.2) is 0 Å². The van der Waals surface area contributed by atoms with E-state index in [9.17, 15) is 13.6 Å². The number of ether oxygens (including phenoxy) is 1. The summed E-state index contributed by atoms with van der Waals surface area (Å²) < 4.78 is 33.3. The predicted octanol–water partition coefficient (Wildman–Crippen LogP) is 4.34. The van der Waals surface area contributed by atoms with Crippen LogP contribution in [0.25, 0.3) is 0 Å². The maximum absolute atomic E-state index is 14.2. The summed E-state index contributed by atoms with van der Waals surface area (Å²) in [5.41, 5.74) is 0.701. The van der Waals surface area contributed by atoms with Crippen molar-refractivity contribution in [2.45, 2.75) is 58.3 Å². The van der Waals surface area contributed by atoms with Crippen molar-refractivity contribution in [1.29, 1.82) is 0 Å². The molecule has 1 aliphatic rings. The van der Waals surface area contributed by atoms with Gasteiger partial charge in [-0.15, -0.1) is 0 Å². The molecule has 2 amide bonds. The molecule has 6 nitrogen and oxygen atoms in total. The number of nitrogens with one attached hydrogen (secondary N) is 1. The number of urea groups is 1. The van der Waals surface area contributed by atoms with Gasteiger partial charge in [-0.3, -0.25) is 4.98 Å². The Labute approximate surface area is 188 Å². The van der Waals surface area contributed by atoms with Crippen molar-refractivity contribution in [1.82, 2.24) is 20.1 Å². The molecule has 3 rings (SSSR count). The summed E-state index contributed by atoms with van der Waals surface area (Å²) in [7, 11) is 2.04. The number of pyridine rings is 1. The number of halogens is 2. The summed E-state index contributed by atoms with van der Waals surface area (Å²) in [6.07, 6.45) is 2.54. The zero-order valence-electron chi connectivity index (χ0n) is 19.2. The van der Waals surface area contributed by atoms with Crippen molar-refractivity contribution in [2.75, 3.05) is 20.1 Å².